The third kappa shape index (κ3) is 9.15. The average molecular weight is 543 g/mol. The molecule has 6 atom stereocenters. The SMILES string of the molecule is [3H]PO[C@H]1C[C@@H](OP[3H])[C@H](CCC2(CCc3ccccc3)OCCO2)[C@H]1C/C=C\CCCC(=O)OC(C)C. The number of unbranched alkanes of at least 4 members (excludes halogenated alkanes) is 1. The van der Waals surface area contributed by atoms with Gasteiger partial charge in [-0.25, -0.2) is 0 Å². The second-order valence-corrected chi connectivity index (χ2v) is 10.6. The monoisotopic (exact) mass is 542 g/mol. The topological polar surface area (TPSA) is 63.2 Å². The van der Waals surface area contributed by atoms with Crippen LogP contribution in [0.4, 0.5) is 0 Å². The van der Waals surface area contributed by atoms with E-state index in [9.17, 15) is 4.79 Å². The molecule has 1 saturated heterocycles. The van der Waals surface area contributed by atoms with Gasteiger partial charge in [-0.05, 0) is 63.4 Å². The van der Waals surface area contributed by atoms with E-state index in [4.69, 9.17) is 25.8 Å². The fourth-order valence-electron chi connectivity index (χ4n) is 5.46. The molecule has 1 aromatic rings. The van der Waals surface area contributed by atoms with Crippen LogP contribution in [-0.4, -0.2) is 45.8 Å². The standard InChI is InChI=1S/C28H44O6P2/c1-21(2)32-27(29)13-9-4-3-8-12-23-24(26(34-36)20-25(23)33-35)15-17-28(30-18-19-31-28)16-14-22-10-6-5-7-11-22/h3,5-8,10-11,21,23-26H,4,9,12-20,35-36H2,1-2H3/b8-3-/t23-,24-,25+,26-/m1/s1/i35T,36T/t23-,24-,25+,26-,35?,36?. The summed E-state index contributed by atoms with van der Waals surface area (Å²) in [6, 6.07) is 10.4. The molecule has 8 heteroatoms. The van der Waals surface area contributed by atoms with E-state index < -0.39 is 5.79 Å². The largest absolute Gasteiger partial charge is 0.463 e. The maximum Gasteiger partial charge on any atom is 0.306 e. The Kier molecular flexibility index (Phi) is 11.5. The van der Waals surface area contributed by atoms with Crippen molar-refractivity contribution in [1.29, 1.82) is 2.56 Å². The molecule has 1 heterocycles. The van der Waals surface area contributed by atoms with E-state index >= 15 is 0 Å². The van der Waals surface area contributed by atoms with Crippen LogP contribution in [0.3, 0.4) is 0 Å². The van der Waals surface area contributed by atoms with Crippen LogP contribution in [0.1, 0.15) is 70.8 Å². The second-order valence-electron chi connectivity index (χ2n) is 10.1. The molecule has 2 aliphatic rings. The highest BCUT2D eigenvalue weighted by atomic mass is 31.0. The molecule has 1 saturated carbocycles. The summed E-state index contributed by atoms with van der Waals surface area (Å²) >= 11 is 0. The van der Waals surface area contributed by atoms with Crippen LogP contribution in [0.2, 0.25) is 0 Å². The number of carbonyl (C=O) groups excluding carboxylic acids is 1. The van der Waals surface area contributed by atoms with Crippen molar-refractivity contribution < 1.29 is 28.1 Å². The highest BCUT2D eigenvalue weighted by Gasteiger charge is 2.45. The fraction of sp³-hybridized carbons (Fsp3) is 0.679. The third-order valence-corrected chi connectivity index (χ3v) is 7.88. The van der Waals surface area contributed by atoms with E-state index in [1.807, 2.05) is 19.9 Å². The quantitative estimate of drug-likeness (QED) is 0.101. The van der Waals surface area contributed by atoms with Crippen molar-refractivity contribution in [2.24, 2.45) is 11.8 Å². The summed E-state index contributed by atoms with van der Waals surface area (Å²) in [5.41, 5.74) is 1.27. The van der Waals surface area contributed by atoms with E-state index in [-0.39, 0.29) is 54.9 Å². The minimum absolute atomic E-state index is 0.0615. The van der Waals surface area contributed by atoms with Gasteiger partial charge in [-0.3, -0.25) is 4.79 Å². The van der Waals surface area contributed by atoms with Gasteiger partial charge in [-0.1, -0.05) is 42.5 Å². The van der Waals surface area contributed by atoms with Gasteiger partial charge in [0.15, 0.2) is 5.79 Å². The number of ether oxygens (including phenoxy) is 3. The molecular weight excluding hydrogens is 494 g/mol. The Labute approximate surface area is 224 Å². The smallest absolute Gasteiger partial charge is 0.306 e. The van der Waals surface area contributed by atoms with Gasteiger partial charge < -0.3 is 23.3 Å². The lowest BCUT2D eigenvalue weighted by atomic mass is 9.85. The molecular formula is C28H44O6P2. The molecule has 0 bridgehead atoms. The van der Waals surface area contributed by atoms with Crippen molar-refractivity contribution in [3.05, 3.63) is 48.0 Å². The number of benzene rings is 1. The number of aryl methyl sites for hydroxylation is 1. The molecule has 2 fully saturated rings. The van der Waals surface area contributed by atoms with Crippen molar-refractivity contribution in [1.82, 2.24) is 0 Å². The van der Waals surface area contributed by atoms with Crippen LogP contribution >= 0.6 is 18.8 Å². The Balaban J connectivity index is 1.59. The minimum Gasteiger partial charge on any atom is -0.463 e. The van der Waals surface area contributed by atoms with Crippen LogP contribution < -0.4 is 0 Å². The molecule has 36 heavy (non-hydrogen) atoms. The zero-order chi connectivity index (χ0) is 27.2. The lowest BCUT2D eigenvalue weighted by molar-refractivity contribution is -0.170. The van der Waals surface area contributed by atoms with Crippen molar-refractivity contribution >= 4 is 24.8 Å². The zero-order valence-electron chi connectivity index (χ0n) is 23.7. The van der Waals surface area contributed by atoms with E-state index in [0.717, 1.165) is 44.9 Å². The molecule has 202 valence electrons. The molecule has 3 rings (SSSR count). The lowest BCUT2D eigenvalue weighted by Crippen LogP contribution is -2.33. The van der Waals surface area contributed by atoms with Crippen molar-refractivity contribution in [3.63, 3.8) is 0 Å². The predicted molar refractivity (Wildman–Crippen MR) is 148 cm³/mol. The van der Waals surface area contributed by atoms with Crippen LogP contribution in [-0.2, 0) is 34.5 Å². The Morgan fingerprint density at radius 3 is 2.53 bits per heavy atom. The molecule has 1 aromatic carbocycles. The van der Waals surface area contributed by atoms with E-state index in [0.29, 0.717) is 26.1 Å². The summed E-state index contributed by atoms with van der Waals surface area (Å²) in [5.74, 6) is -0.349. The first kappa shape index (κ1) is 26.7. The minimum atomic E-state index is -0.593. The molecule has 0 N–H and O–H groups in total. The number of allylic oxidation sites excluding steroid dienone is 2. The van der Waals surface area contributed by atoms with Gasteiger partial charge in [0, 0.05) is 44.5 Å². The molecule has 0 radical (unpaired) electrons. The van der Waals surface area contributed by atoms with Crippen LogP contribution in [0, 0.1) is 11.8 Å². The Hall–Kier alpha value is -0.870. The molecule has 1 aliphatic carbocycles. The van der Waals surface area contributed by atoms with E-state index in [1.165, 1.54) is 5.56 Å². The molecule has 1 aliphatic heterocycles. The van der Waals surface area contributed by atoms with Gasteiger partial charge in [-0.2, -0.15) is 0 Å². The average Bonchev–Trinajstić information content (AvgIpc) is 3.49. The van der Waals surface area contributed by atoms with Crippen LogP contribution in [0.5, 0.6) is 0 Å². The maximum atomic E-state index is 11.8. The van der Waals surface area contributed by atoms with Crippen LogP contribution in [0.15, 0.2) is 42.5 Å². The molecule has 6 nitrogen and oxygen atoms in total. The van der Waals surface area contributed by atoms with E-state index in [1.54, 1.807) is 0 Å². The number of hydrogen-bond donors (Lipinski definition) is 0. The van der Waals surface area contributed by atoms with Crippen LogP contribution in [0.25, 0.3) is 0 Å². The normalized spacial score (nSPS) is 27.1. The lowest BCUT2D eigenvalue weighted by Gasteiger charge is -2.31. The summed E-state index contributed by atoms with van der Waals surface area (Å²) in [4.78, 5) is 11.8. The number of hydrogen-bond acceptors (Lipinski definition) is 6. The van der Waals surface area contributed by atoms with Crippen molar-refractivity contribution in [2.75, 3.05) is 13.2 Å². The molecule has 0 spiro atoms. The van der Waals surface area contributed by atoms with Gasteiger partial charge in [0.05, 0.1) is 34.1 Å². The maximum absolute atomic E-state index is 11.8. The van der Waals surface area contributed by atoms with Gasteiger partial charge in [-0.15, -0.1) is 0 Å². The summed E-state index contributed by atoms with van der Waals surface area (Å²) in [7, 11) is -0.663. The summed E-state index contributed by atoms with van der Waals surface area (Å²) < 4.78 is 44.7. The van der Waals surface area contributed by atoms with Crippen molar-refractivity contribution in [3.8, 4) is 0 Å². The Morgan fingerprint density at radius 1 is 1.11 bits per heavy atom. The first-order valence-corrected chi connectivity index (χ1v) is 14.1. The van der Waals surface area contributed by atoms with E-state index in [2.05, 4.69) is 36.4 Å². The van der Waals surface area contributed by atoms with Gasteiger partial charge in [0.25, 0.3) is 0 Å². The zero-order valence-corrected chi connectivity index (χ0v) is 23.7. The highest BCUT2D eigenvalue weighted by molar-refractivity contribution is 7.10. The molecule has 2 unspecified atom stereocenters. The first-order valence-electron chi connectivity index (χ1n) is 14.3. The molecule has 0 amide bonds. The van der Waals surface area contributed by atoms with Gasteiger partial charge in [0.2, 0.25) is 0 Å². The van der Waals surface area contributed by atoms with Gasteiger partial charge in [0.1, 0.15) is 0 Å². The first-order chi connectivity index (χ1) is 18.5. The Morgan fingerprint density at radius 2 is 1.83 bits per heavy atom. The molecule has 0 aromatic heterocycles. The number of carbonyl (C=O) groups is 1. The van der Waals surface area contributed by atoms with Gasteiger partial charge >= 0.3 is 5.97 Å². The fourth-order valence-corrected chi connectivity index (χ4v) is 6.00. The second kappa shape index (κ2) is 15.5. The summed E-state index contributed by atoms with van der Waals surface area (Å²) in [6.07, 6.45) is 10.9. The predicted octanol–water partition coefficient (Wildman–Crippen LogP) is 6.20. The Bertz CT molecular complexity index is 838. The summed E-state index contributed by atoms with van der Waals surface area (Å²) in [6.45, 7) is 4.94. The summed E-state index contributed by atoms with van der Waals surface area (Å²) in [5, 5.41) is 0. The number of esters is 1. The van der Waals surface area contributed by atoms with Crippen molar-refractivity contribution in [2.45, 2.75) is 95.7 Å². The number of rotatable bonds is 17. The highest BCUT2D eigenvalue weighted by Crippen LogP contribution is 2.44. The third-order valence-electron chi connectivity index (χ3n) is 7.28.